The van der Waals surface area contributed by atoms with Crippen molar-refractivity contribution in [1.82, 2.24) is 0 Å². The fourth-order valence-electron chi connectivity index (χ4n) is 1.22. The second kappa shape index (κ2) is 4.08. The minimum atomic E-state index is 0.205. The summed E-state index contributed by atoms with van der Waals surface area (Å²) in [5.41, 5.74) is 1.86. The zero-order valence-electron chi connectivity index (χ0n) is 7.95. The van der Waals surface area contributed by atoms with E-state index in [4.69, 9.17) is 0 Å². The smallest absolute Gasteiger partial charge is 0.124 e. The van der Waals surface area contributed by atoms with Gasteiger partial charge in [0.25, 0.3) is 0 Å². The van der Waals surface area contributed by atoms with Crippen LogP contribution in [0.1, 0.15) is 30.9 Å². The van der Waals surface area contributed by atoms with Gasteiger partial charge in [-0.2, -0.15) is 0 Å². The lowest BCUT2D eigenvalue weighted by Gasteiger charge is -2.08. The van der Waals surface area contributed by atoms with Gasteiger partial charge < -0.3 is 9.90 Å². The first-order valence-electron chi connectivity index (χ1n) is 4.40. The Balaban J connectivity index is 3.03. The van der Waals surface area contributed by atoms with Gasteiger partial charge in [-0.1, -0.05) is 26.0 Å². The van der Waals surface area contributed by atoms with Crippen LogP contribution in [0.15, 0.2) is 18.2 Å². The first-order chi connectivity index (χ1) is 6.15. The summed E-state index contributed by atoms with van der Waals surface area (Å²) in [6, 6.07) is 5.41. The SMILES string of the molecule is CC(C)c1ccc(O)c(CC=O)c1. The van der Waals surface area contributed by atoms with Gasteiger partial charge in [-0.25, -0.2) is 0 Å². The molecule has 0 aliphatic heterocycles. The first kappa shape index (κ1) is 9.78. The van der Waals surface area contributed by atoms with Crippen molar-refractivity contribution in [3.63, 3.8) is 0 Å². The van der Waals surface area contributed by atoms with Gasteiger partial charge in [-0.15, -0.1) is 0 Å². The number of aldehydes is 1. The van der Waals surface area contributed by atoms with Crippen LogP contribution in [0.4, 0.5) is 0 Å². The van der Waals surface area contributed by atoms with Gasteiger partial charge in [-0.05, 0) is 17.5 Å². The standard InChI is InChI=1S/C11H14O2/c1-8(2)9-3-4-11(13)10(7-9)5-6-12/h3-4,6-8,13H,5H2,1-2H3. The molecule has 0 fully saturated rings. The number of rotatable bonds is 3. The third-order valence-corrected chi connectivity index (χ3v) is 2.07. The topological polar surface area (TPSA) is 37.3 Å². The van der Waals surface area contributed by atoms with Crippen molar-refractivity contribution >= 4 is 6.29 Å². The van der Waals surface area contributed by atoms with Gasteiger partial charge in [-0.3, -0.25) is 0 Å². The van der Waals surface area contributed by atoms with Crippen molar-refractivity contribution in [2.75, 3.05) is 0 Å². The number of hydrogen-bond acceptors (Lipinski definition) is 2. The van der Waals surface area contributed by atoms with E-state index in [1.165, 1.54) is 0 Å². The lowest BCUT2D eigenvalue weighted by atomic mass is 9.99. The normalized spacial score (nSPS) is 10.4. The summed E-state index contributed by atoms with van der Waals surface area (Å²) in [5, 5.41) is 9.39. The second-order valence-electron chi connectivity index (χ2n) is 3.41. The minimum absolute atomic E-state index is 0.205. The van der Waals surface area contributed by atoms with Crippen LogP contribution in [-0.2, 0) is 11.2 Å². The fraction of sp³-hybridized carbons (Fsp3) is 0.364. The molecular formula is C11H14O2. The van der Waals surface area contributed by atoms with E-state index in [2.05, 4.69) is 13.8 Å². The van der Waals surface area contributed by atoms with Gasteiger partial charge >= 0.3 is 0 Å². The Morgan fingerprint density at radius 2 is 2.15 bits per heavy atom. The molecule has 1 aromatic rings. The molecule has 1 aromatic carbocycles. The van der Waals surface area contributed by atoms with Gasteiger partial charge in [0.2, 0.25) is 0 Å². The Kier molecular flexibility index (Phi) is 3.07. The molecule has 0 saturated heterocycles. The van der Waals surface area contributed by atoms with Crippen molar-refractivity contribution in [3.05, 3.63) is 29.3 Å². The average Bonchev–Trinajstić information content (AvgIpc) is 2.08. The molecule has 2 nitrogen and oxygen atoms in total. The molecule has 0 radical (unpaired) electrons. The highest BCUT2D eigenvalue weighted by molar-refractivity contribution is 5.57. The lowest BCUT2D eigenvalue weighted by Crippen LogP contribution is -1.92. The molecule has 0 spiro atoms. The number of phenolic OH excluding ortho intramolecular Hbond substituents is 1. The predicted octanol–water partition coefficient (Wildman–Crippen LogP) is 2.26. The molecule has 1 rings (SSSR count). The molecule has 0 aliphatic rings. The van der Waals surface area contributed by atoms with Gasteiger partial charge in [0.15, 0.2) is 0 Å². The highest BCUT2D eigenvalue weighted by Gasteiger charge is 2.04. The molecule has 0 bridgehead atoms. The summed E-state index contributed by atoms with van der Waals surface area (Å²) in [7, 11) is 0. The minimum Gasteiger partial charge on any atom is -0.508 e. The average molecular weight is 178 g/mol. The summed E-state index contributed by atoms with van der Waals surface area (Å²) < 4.78 is 0. The number of carbonyl (C=O) groups excluding carboxylic acids is 1. The summed E-state index contributed by atoms with van der Waals surface area (Å²) in [4.78, 5) is 10.3. The molecular weight excluding hydrogens is 164 g/mol. The maximum Gasteiger partial charge on any atom is 0.124 e. The molecule has 0 aliphatic carbocycles. The van der Waals surface area contributed by atoms with Crippen molar-refractivity contribution in [2.24, 2.45) is 0 Å². The van der Waals surface area contributed by atoms with Crippen LogP contribution >= 0.6 is 0 Å². The van der Waals surface area contributed by atoms with Gasteiger partial charge in [0.1, 0.15) is 12.0 Å². The maximum absolute atomic E-state index is 10.3. The van der Waals surface area contributed by atoms with Crippen molar-refractivity contribution < 1.29 is 9.90 Å². The van der Waals surface area contributed by atoms with Crippen LogP contribution in [0, 0.1) is 0 Å². The Morgan fingerprint density at radius 3 is 2.69 bits per heavy atom. The van der Waals surface area contributed by atoms with E-state index >= 15 is 0 Å². The molecule has 0 heterocycles. The summed E-state index contributed by atoms with van der Waals surface area (Å²) in [6.07, 6.45) is 1.09. The van der Waals surface area contributed by atoms with Crippen LogP contribution in [0.2, 0.25) is 0 Å². The summed E-state index contributed by atoms with van der Waals surface area (Å²) in [5.74, 6) is 0.627. The maximum atomic E-state index is 10.3. The van der Waals surface area contributed by atoms with Crippen LogP contribution in [-0.4, -0.2) is 11.4 Å². The first-order valence-corrected chi connectivity index (χ1v) is 4.40. The number of aromatic hydroxyl groups is 1. The number of benzene rings is 1. The molecule has 0 unspecified atom stereocenters. The van der Waals surface area contributed by atoms with E-state index in [0.717, 1.165) is 11.8 Å². The molecule has 0 amide bonds. The molecule has 0 aromatic heterocycles. The van der Waals surface area contributed by atoms with Gasteiger partial charge in [0.05, 0.1) is 0 Å². The molecule has 13 heavy (non-hydrogen) atoms. The second-order valence-corrected chi connectivity index (χ2v) is 3.41. The zero-order valence-corrected chi connectivity index (χ0v) is 7.95. The van der Waals surface area contributed by atoms with E-state index in [1.807, 2.05) is 12.1 Å². The van der Waals surface area contributed by atoms with Crippen LogP contribution in [0.3, 0.4) is 0 Å². The monoisotopic (exact) mass is 178 g/mol. The van der Waals surface area contributed by atoms with Crippen molar-refractivity contribution in [3.8, 4) is 5.75 Å². The Hall–Kier alpha value is -1.31. The van der Waals surface area contributed by atoms with Crippen LogP contribution in [0.5, 0.6) is 5.75 Å². The highest BCUT2D eigenvalue weighted by Crippen LogP contribution is 2.22. The summed E-state index contributed by atoms with van der Waals surface area (Å²) >= 11 is 0. The van der Waals surface area contributed by atoms with Crippen molar-refractivity contribution in [2.45, 2.75) is 26.2 Å². The third kappa shape index (κ3) is 2.31. The lowest BCUT2D eigenvalue weighted by molar-refractivity contribution is -0.107. The molecule has 70 valence electrons. The van der Waals surface area contributed by atoms with E-state index < -0.39 is 0 Å². The Labute approximate surface area is 78.2 Å². The number of carbonyl (C=O) groups is 1. The Bertz CT molecular complexity index is 303. The van der Waals surface area contributed by atoms with Crippen LogP contribution in [0.25, 0.3) is 0 Å². The zero-order chi connectivity index (χ0) is 9.84. The number of hydrogen-bond donors (Lipinski definition) is 1. The van der Waals surface area contributed by atoms with Crippen LogP contribution < -0.4 is 0 Å². The summed E-state index contributed by atoms with van der Waals surface area (Å²) in [6.45, 7) is 4.16. The van der Waals surface area contributed by atoms with E-state index in [9.17, 15) is 9.90 Å². The number of phenols is 1. The molecule has 1 N–H and O–H groups in total. The quantitative estimate of drug-likeness (QED) is 0.721. The van der Waals surface area contributed by atoms with E-state index in [-0.39, 0.29) is 12.2 Å². The Morgan fingerprint density at radius 1 is 1.46 bits per heavy atom. The predicted molar refractivity (Wildman–Crippen MR) is 52.0 cm³/mol. The van der Waals surface area contributed by atoms with Crippen molar-refractivity contribution in [1.29, 1.82) is 0 Å². The highest BCUT2D eigenvalue weighted by atomic mass is 16.3. The molecule has 0 saturated carbocycles. The van der Waals surface area contributed by atoms with Gasteiger partial charge in [0, 0.05) is 12.0 Å². The van der Waals surface area contributed by atoms with E-state index in [1.54, 1.807) is 6.07 Å². The molecule has 0 atom stereocenters. The fourth-order valence-corrected chi connectivity index (χ4v) is 1.22. The largest absolute Gasteiger partial charge is 0.508 e. The van der Waals surface area contributed by atoms with E-state index in [0.29, 0.717) is 11.5 Å². The third-order valence-electron chi connectivity index (χ3n) is 2.07. The molecule has 2 heteroatoms.